The minimum Gasteiger partial charge on any atom is -0.493 e. The van der Waals surface area contributed by atoms with Crippen LogP contribution in [0.1, 0.15) is 17.3 Å². The summed E-state index contributed by atoms with van der Waals surface area (Å²) in [6, 6.07) is 19.6. The molecular formula is C27H24ClN3O4S2. The quantitative estimate of drug-likeness (QED) is 0.220. The van der Waals surface area contributed by atoms with E-state index in [1.165, 1.54) is 23.1 Å². The summed E-state index contributed by atoms with van der Waals surface area (Å²) in [6.45, 7) is 1.82. The van der Waals surface area contributed by atoms with Crippen molar-refractivity contribution in [2.45, 2.75) is 17.1 Å². The second-order valence-electron chi connectivity index (χ2n) is 7.85. The third kappa shape index (κ3) is 6.82. The molecule has 0 radical (unpaired) electrons. The standard InChI is InChI=1S/C27H24ClN3O4S2/c1-16(37-21-9-5-8-20(14-21)29-26(33)18-6-4-7-19(28)12-18)25(32)31-27-30-22(15-36-27)17-10-11-23(34-2)24(13-17)35-3/h4-16H,1-3H3,(H,29,33)(H,30,31,32). The fraction of sp³-hybridized carbons (Fsp3) is 0.148. The summed E-state index contributed by atoms with van der Waals surface area (Å²) >= 11 is 8.71. The van der Waals surface area contributed by atoms with Crippen molar-refractivity contribution in [1.82, 2.24) is 4.98 Å². The lowest BCUT2D eigenvalue weighted by Crippen LogP contribution is -2.22. The van der Waals surface area contributed by atoms with Gasteiger partial charge in [0.25, 0.3) is 5.91 Å². The van der Waals surface area contributed by atoms with Gasteiger partial charge in [-0.25, -0.2) is 4.98 Å². The number of benzene rings is 3. The maximum absolute atomic E-state index is 12.8. The van der Waals surface area contributed by atoms with Crippen LogP contribution >= 0.6 is 34.7 Å². The molecule has 0 saturated carbocycles. The van der Waals surface area contributed by atoms with E-state index in [0.29, 0.717) is 32.9 Å². The first-order valence-electron chi connectivity index (χ1n) is 11.2. The average Bonchev–Trinajstić information content (AvgIpc) is 3.36. The number of thioether (sulfide) groups is 1. The topological polar surface area (TPSA) is 89.6 Å². The van der Waals surface area contributed by atoms with Gasteiger partial charge in [0.2, 0.25) is 5.91 Å². The van der Waals surface area contributed by atoms with Crippen LogP contribution in [-0.2, 0) is 4.79 Å². The molecule has 1 aromatic heterocycles. The van der Waals surface area contributed by atoms with Crippen LogP contribution in [0.4, 0.5) is 10.8 Å². The van der Waals surface area contributed by atoms with Crippen molar-refractivity contribution in [3.63, 3.8) is 0 Å². The summed E-state index contributed by atoms with van der Waals surface area (Å²) in [7, 11) is 3.16. The van der Waals surface area contributed by atoms with Gasteiger partial charge >= 0.3 is 0 Å². The lowest BCUT2D eigenvalue weighted by atomic mass is 10.1. The number of carbonyl (C=O) groups excluding carboxylic acids is 2. The highest BCUT2D eigenvalue weighted by atomic mass is 35.5. The molecule has 1 unspecified atom stereocenters. The zero-order chi connectivity index (χ0) is 26.4. The predicted octanol–water partition coefficient (Wildman–Crippen LogP) is 6.85. The summed E-state index contributed by atoms with van der Waals surface area (Å²) in [5, 5.41) is 8.23. The number of carbonyl (C=O) groups is 2. The number of rotatable bonds is 9. The minimum atomic E-state index is -0.396. The minimum absolute atomic E-state index is 0.174. The lowest BCUT2D eigenvalue weighted by molar-refractivity contribution is -0.115. The van der Waals surface area contributed by atoms with E-state index < -0.39 is 5.25 Å². The molecule has 0 spiro atoms. The van der Waals surface area contributed by atoms with E-state index in [4.69, 9.17) is 21.1 Å². The molecule has 0 fully saturated rings. The van der Waals surface area contributed by atoms with Gasteiger partial charge in [0.05, 0.1) is 25.2 Å². The summed E-state index contributed by atoms with van der Waals surface area (Å²) in [5.41, 5.74) is 2.68. The Morgan fingerprint density at radius 1 is 0.973 bits per heavy atom. The molecule has 3 aromatic carbocycles. The number of aromatic nitrogens is 1. The summed E-state index contributed by atoms with van der Waals surface area (Å²) in [4.78, 5) is 30.8. The van der Waals surface area contributed by atoms with E-state index in [1.807, 2.05) is 48.7 Å². The number of halogens is 1. The van der Waals surface area contributed by atoms with Crippen LogP contribution in [0.3, 0.4) is 0 Å². The van der Waals surface area contributed by atoms with Crippen LogP contribution < -0.4 is 20.1 Å². The maximum Gasteiger partial charge on any atom is 0.255 e. The molecule has 4 aromatic rings. The number of methoxy groups -OCH3 is 2. The molecular weight excluding hydrogens is 530 g/mol. The van der Waals surface area contributed by atoms with Crippen molar-refractivity contribution < 1.29 is 19.1 Å². The monoisotopic (exact) mass is 553 g/mol. The SMILES string of the molecule is COc1ccc(-c2csc(NC(=O)C(C)Sc3cccc(NC(=O)c4cccc(Cl)c4)c3)n2)cc1OC. The molecule has 190 valence electrons. The highest BCUT2D eigenvalue weighted by Crippen LogP contribution is 2.34. The van der Waals surface area contributed by atoms with E-state index >= 15 is 0 Å². The van der Waals surface area contributed by atoms with Crippen LogP contribution in [0.25, 0.3) is 11.3 Å². The first-order chi connectivity index (χ1) is 17.9. The summed E-state index contributed by atoms with van der Waals surface area (Å²) in [5.74, 6) is 0.805. The fourth-order valence-electron chi connectivity index (χ4n) is 3.40. The normalized spacial score (nSPS) is 11.5. The van der Waals surface area contributed by atoms with Crippen LogP contribution in [0.5, 0.6) is 11.5 Å². The van der Waals surface area contributed by atoms with E-state index in [0.717, 1.165) is 16.2 Å². The molecule has 7 nitrogen and oxygen atoms in total. The van der Waals surface area contributed by atoms with Crippen LogP contribution in [0.2, 0.25) is 5.02 Å². The molecule has 37 heavy (non-hydrogen) atoms. The van der Waals surface area contributed by atoms with Gasteiger partial charge in [-0.1, -0.05) is 23.7 Å². The van der Waals surface area contributed by atoms with Gasteiger partial charge in [-0.05, 0) is 61.5 Å². The second-order valence-corrected chi connectivity index (χ2v) is 10.6. The van der Waals surface area contributed by atoms with E-state index in [2.05, 4.69) is 15.6 Å². The first-order valence-corrected chi connectivity index (χ1v) is 13.3. The number of nitrogens with zero attached hydrogens (tertiary/aromatic N) is 1. The van der Waals surface area contributed by atoms with Crippen molar-refractivity contribution >= 4 is 57.3 Å². The van der Waals surface area contributed by atoms with Gasteiger partial charge in [0, 0.05) is 32.1 Å². The van der Waals surface area contributed by atoms with Gasteiger partial charge in [0.1, 0.15) is 0 Å². The number of hydrogen-bond acceptors (Lipinski definition) is 7. The Balaban J connectivity index is 1.37. The predicted molar refractivity (Wildman–Crippen MR) is 150 cm³/mol. The molecule has 1 atom stereocenters. The van der Waals surface area contributed by atoms with E-state index in [-0.39, 0.29) is 11.8 Å². The molecule has 1 heterocycles. The zero-order valence-electron chi connectivity index (χ0n) is 20.3. The van der Waals surface area contributed by atoms with Crippen molar-refractivity contribution in [1.29, 1.82) is 0 Å². The van der Waals surface area contributed by atoms with E-state index in [9.17, 15) is 9.59 Å². The van der Waals surface area contributed by atoms with Gasteiger partial charge in [-0.2, -0.15) is 0 Å². The smallest absolute Gasteiger partial charge is 0.255 e. The van der Waals surface area contributed by atoms with Crippen molar-refractivity contribution in [3.05, 3.63) is 82.7 Å². The Kier molecular flexibility index (Phi) is 8.70. The molecule has 0 aliphatic carbocycles. The number of nitrogens with one attached hydrogen (secondary N) is 2. The van der Waals surface area contributed by atoms with Crippen LogP contribution in [-0.4, -0.2) is 36.3 Å². The van der Waals surface area contributed by atoms with Crippen LogP contribution in [0, 0.1) is 0 Å². The first kappa shape index (κ1) is 26.5. The number of thiazole rings is 1. The largest absolute Gasteiger partial charge is 0.493 e. The Morgan fingerprint density at radius 3 is 2.51 bits per heavy atom. The zero-order valence-corrected chi connectivity index (χ0v) is 22.7. The van der Waals surface area contributed by atoms with Crippen molar-refractivity contribution in [2.24, 2.45) is 0 Å². The number of amides is 2. The summed E-state index contributed by atoms with van der Waals surface area (Å²) < 4.78 is 10.6. The van der Waals surface area contributed by atoms with Crippen LogP contribution in [0.15, 0.2) is 77.0 Å². The molecule has 10 heteroatoms. The van der Waals surface area contributed by atoms with Gasteiger partial charge in [-0.15, -0.1) is 23.1 Å². The Labute approximate surface area is 228 Å². The van der Waals surface area contributed by atoms with Gasteiger partial charge in [0.15, 0.2) is 16.6 Å². The lowest BCUT2D eigenvalue weighted by Gasteiger charge is -2.12. The maximum atomic E-state index is 12.8. The summed E-state index contributed by atoms with van der Waals surface area (Å²) in [6.07, 6.45) is 0. The molecule has 0 bridgehead atoms. The van der Waals surface area contributed by atoms with Crippen molar-refractivity contribution in [3.8, 4) is 22.8 Å². The highest BCUT2D eigenvalue weighted by molar-refractivity contribution is 8.00. The Morgan fingerprint density at radius 2 is 1.76 bits per heavy atom. The third-order valence-electron chi connectivity index (χ3n) is 5.27. The fourth-order valence-corrected chi connectivity index (χ4v) is 5.24. The highest BCUT2D eigenvalue weighted by Gasteiger charge is 2.17. The Bertz CT molecular complexity index is 1430. The molecule has 0 saturated heterocycles. The Hall–Kier alpha value is -3.53. The van der Waals surface area contributed by atoms with Gasteiger partial charge < -0.3 is 20.1 Å². The second kappa shape index (κ2) is 12.1. The average molecular weight is 554 g/mol. The molecule has 4 rings (SSSR count). The van der Waals surface area contributed by atoms with Gasteiger partial charge in [-0.3, -0.25) is 9.59 Å². The molecule has 2 amide bonds. The van der Waals surface area contributed by atoms with E-state index in [1.54, 1.807) is 44.6 Å². The third-order valence-corrected chi connectivity index (χ3v) is 7.36. The molecule has 0 aliphatic heterocycles. The molecule has 2 N–H and O–H groups in total. The van der Waals surface area contributed by atoms with Crippen molar-refractivity contribution in [2.75, 3.05) is 24.9 Å². The number of anilines is 2. The number of hydrogen-bond donors (Lipinski definition) is 2. The molecule has 0 aliphatic rings. The number of ether oxygens (including phenoxy) is 2.